The number of benzene rings is 1. The summed E-state index contributed by atoms with van der Waals surface area (Å²) in [7, 11) is -2.81. The van der Waals surface area contributed by atoms with Crippen LogP contribution >= 0.6 is 0 Å². The molecule has 1 aliphatic heterocycles. The Morgan fingerprint density at radius 3 is 2.95 bits per heavy atom. The van der Waals surface area contributed by atoms with Gasteiger partial charge in [0.1, 0.15) is 0 Å². The molecule has 0 spiro atoms. The van der Waals surface area contributed by atoms with Crippen LogP contribution < -0.4 is 5.32 Å². The highest BCUT2D eigenvalue weighted by Crippen LogP contribution is 2.19. The maximum atomic E-state index is 11.6. The van der Waals surface area contributed by atoms with E-state index in [0.29, 0.717) is 11.5 Å². The summed E-state index contributed by atoms with van der Waals surface area (Å²) >= 11 is 0. The van der Waals surface area contributed by atoms with Crippen molar-refractivity contribution in [3.8, 4) is 0 Å². The lowest BCUT2D eigenvalue weighted by molar-refractivity contribution is 0.453. The first kappa shape index (κ1) is 14.5. The average Bonchev–Trinajstić information content (AvgIpc) is 2.46. The highest BCUT2D eigenvalue weighted by molar-refractivity contribution is 7.91. The first-order valence-corrected chi connectivity index (χ1v) is 9.20. The lowest BCUT2D eigenvalue weighted by Gasteiger charge is -2.22. The Labute approximate surface area is 125 Å². The second-order valence-corrected chi connectivity index (χ2v) is 7.97. The molecule has 2 aromatic rings. The van der Waals surface area contributed by atoms with Gasteiger partial charge < -0.3 is 5.32 Å². The number of pyridine rings is 1. The molecule has 1 aromatic heterocycles. The molecule has 5 heteroatoms. The van der Waals surface area contributed by atoms with Gasteiger partial charge in [0.05, 0.1) is 17.0 Å². The van der Waals surface area contributed by atoms with E-state index < -0.39 is 9.84 Å². The Hall–Kier alpha value is -1.46. The number of fused-ring (bicyclic) bond motifs is 1. The van der Waals surface area contributed by atoms with Crippen molar-refractivity contribution < 1.29 is 8.42 Å². The van der Waals surface area contributed by atoms with E-state index in [0.717, 1.165) is 42.4 Å². The number of aromatic nitrogens is 1. The van der Waals surface area contributed by atoms with Crippen LogP contribution in [0.3, 0.4) is 0 Å². The molecule has 112 valence electrons. The van der Waals surface area contributed by atoms with Crippen LogP contribution in [0.4, 0.5) is 0 Å². The summed E-state index contributed by atoms with van der Waals surface area (Å²) in [6, 6.07) is 10.2. The van der Waals surface area contributed by atoms with Crippen LogP contribution in [0.25, 0.3) is 10.9 Å². The van der Waals surface area contributed by atoms with Crippen LogP contribution in [0.5, 0.6) is 0 Å². The highest BCUT2D eigenvalue weighted by atomic mass is 32.2. The number of sulfone groups is 1. The van der Waals surface area contributed by atoms with Crippen LogP contribution in [0.2, 0.25) is 0 Å². The normalized spacial score (nSPS) is 21.4. The van der Waals surface area contributed by atoms with Crippen LogP contribution in [0.15, 0.2) is 36.5 Å². The van der Waals surface area contributed by atoms with Gasteiger partial charge in [-0.15, -0.1) is 0 Å². The van der Waals surface area contributed by atoms with Gasteiger partial charge >= 0.3 is 0 Å². The SMILES string of the molecule is O=S1(=O)CCCC(CNCc2cccc3cccnc23)C1. The smallest absolute Gasteiger partial charge is 0.150 e. The number of nitrogens with zero attached hydrogens (tertiary/aromatic N) is 1. The van der Waals surface area contributed by atoms with E-state index in [1.807, 2.05) is 12.1 Å². The fraction of sp³-hybridized carbons (Fsp3) is 0.438. The molecule has 0 saturated carbocycles. The van der Waals surface area contributed by atoms with Crippen molar-refractivity contribution in [2.45, 2.75) is 19.4 Å². The lowest BCUT2D eigenvalue weighted by Crippen LogP contribution is -2.32. The first-order chi connectivity index (χ1) is 10.1. The Balaban J connectivity index is 1.62. The van der Waals surface area contributed by atoms with Crippen molar-refractivity contribution in [1.29, 1.82) is 0 Å². The van der Waals surface area contributed by atoms with E-state index in [1.54, 1.807) is 6.20 Å². The molecule has 1 fully saturated rings. The second kappa shape index (κ2) is 6.12. The zero-order valence-electron chi connectivity index (χ0n) is 12.0. The fourth-order valence-electron chi connectivity index (χ4n) is 3.00. The maximum Gasteiger partial charge on any atom is 0.150 e. The van der Waals surface area contributed by atoms with Crippen molar-refractivity contribution >= 4 is 20.7 Å². The van der Waals surface area contributed by atoms with Crippen molar-refractivity contribution in [2.24, 2.45) is 5.92 Å². The van der Waals surface area contributed by atoms with E-state index >= 15 is 0 Å². The second-order valence-electron chi connectivity index (χ2n) is 5.75. The van der Waals surface area contributed by atoms with Crippen LogP contribution in [0, 0.1) is 5.92 Å². The molecule has 1 aromatic carbocycles. The molecule has 1 saturated heterocycles. The minimum Gasteiger partial charge on any atom is -0.312 e. The molecule has 0 amide bonds. The fourth-order valence-corrected chi connectivity index (χ4v) is 4.78. The third-order valence-corrected chi connectivity index (χ3v) is 5.91. The molecule has 0 radical (unpaired) electrons. The van der Waals surface area contributed by atoms with Crippen LogP contribution in [-0.2, 0) is 16.4 Å². The third kappa shape index (κ3) is 3.60. The Morgan fingerprint density at radius 1 is 1.24 bits per heavy atom. The number of nitrogens with one attached hydrogen (secondary N) is 1. The number of hydrogen-bond acceptors (Lipinski definition) is 4. The van der Waals surface area contributed by atoms with E-state index in [1.165, 1.54) is 0 Å². The van der Waals surface area contributed by atoms with Gasteiger partial charge in [-0.05, 0) is 36.9 Å². The van der Waals surface area contributed by atoms with Crippen molar-refractivity contribution in [2.75, 3.05) is 18.1 Å². The van der Waals surface area contributed by atoms with Gasteiger partial charge in [-0.2, -0.15) is 0 Å². The van der Waals surface area contributed by atoms with E-state index in [-0.39, 0.29) is 5.92 Å². The molecule has 1 N–H and O–H groups in total. The topological polar surface area (TPSA) is 59.1 Å². The van der Waals surface area contributed by atoms with Gasteiger partial charge in [0.2, 0.25) is 0 Å². The third-order valence-electron chi connectivity index (χ3n) is 4.02. The van der Waals surface area contributed by atoms with Gasteiger partial charge in [-0.25, -0.2) is 8.42 Å². The number of hydrogen-bond donors (Lipinski definition) is 1. The van der Waals surface area contributed by atoms with Crippen LogP contribution in [0.1, 0.15) is 18.4 Å². The van der Waals surface area contributed by atoms with Gasteiger partial charge in [0.15, 0.2) is 9.84 Å². The average molecular weight is 304 g/mol. The largest absolute Gasteiger partial charge is 0.312 e. The van der Waals surface area contributed by atoms with Gasteiger partial charge in [-0.3, -0.25) is 4.98 Å². The Bertz CT molecular complexity index is 723. The summed E-state index contributed by atoms with van der Waals surface area (Å²) in [6.07, 6.45) is 3.60. The molecule has 4 nitrogen and oxygen atoms in total. The van der Waals surface area contributed by atoms with Gasteiger partial charge in [0.25, 0.3) is 0 Å². The minimum atomic E-state index is -2.81. The molecule has 0 aliphatic carbocycles. The maximum absolute atomic E-state index is 11.6. The summed E-state index contributed by atoms with van der Waals surface area (Å²) < 4.78 is 23.3. The standard InChI is InChI=1S/C16H20N2O2S/c19-21(20)9-3-4-13(12-21)10-17-11-15-6-1-5-14-7-2-8-18-16(14)15/h1-2,5-8,13,17H,3-4,9-12H2. The molecule has 1 unspecified atom stereocenters. The molecular weight excluding hydrogens is 284 g/mol. The molecule has 1 atom stereocenters. The molecule has 21 heavy (non-hydrogen) atoms. The quantitative estimate of drug-likeness (QED) is 0.940. The first-order valence-electron chi connectivity index (χ1n) is 7.38. The lowest BCUT2D eigenvalue weighted by atomic mass is 10.1. The molecule has 2 heterocycles. The van der Waals surface area contributed by atoms with Gasteiger partial charge in [0, 0.05) is 18.1 Å². The molecule has 1 aliphatic rings. The summed E-state index contributed by atoms with van der Waals surface area (Å²) in [4.78, 5) is 4.43. The molecular formula is C16H20N2O2S. The van der Waals surface area contributed by atoms with Crippen molar-refractivity contribution in [3.05, 3.63) is 42.1 Å². The Morgan fingerprint density at radius 2 is 2.10 bits per heavy atom. The summed E-state index contributed by atoms with van der Waals surface area (Å²) in [5, 5.41) is 4.53. The van der Waals surface area contributed by atoms with Gasteiger partial charge in [-0.1, -0.05) is 24.3 Å². The number of rotatable bonds is 4. The van der Waals surface area contributed by atoms with E-state index in [4.69, 9.17) is 0 Å². The monoisotopic (exact) mass is 304 g/mol. The summed E-state index contributed by atoms with van der Waals surface area (Å²) in [5.41, 5.74) is 2.18. The highest BCUT2D eigenvalue weighted by Gasteiger charge is 2.24. The summed E-state index contributed by atoms with van der Waals surface area (Å²) in [6.45, 7) is 1.48. The molecule has 3 rings (SSSR count). The van der Waals surface area contributed by atoms with Crippen molar-refractivity contribution in [1.82, 2.24) is 10.3 Å². The van der Waals surface area contributed by atoms with E-state index in [2.05, 4.69) is 28.5 Å². The summed E-state index contributed by atoms with van der Waals surface area (Å²) in [5.74, 6) is 0.927. The zero-order valence-corrected chi connectivity index (χ0v) is 12.8. The van der Waals surface area contributed by atoms with E-state index in [9.17, 15) is 8.42 Å². The predicted molar refractivity (Wildman–Crippen MR) is 84.8 cm³/mol. The number of para-hydroxylation sites is 1. The predicted octanol–water partition coefficient (Wildman–Crippen LogP) is 2.15. The van der Waals surface area contributed by atoms with Crippen molar-refractivity contribution in [3.63, 3.8) is 0 Å². The molecule has 0 bridgehead atoms. The Kier molecular flexibility index (Phi) is 4.22. The minimum absolute atomic E-state index is 0.242. The zero-order chi connectivity index (χ0) is 14.7. The van der Waals surface area contributed by atoms with Crippen LogP contribution in [-0.4, -0.2) is 31.5 Å².